The average molecular weight is 373 g/mol. The van der Waals surface area contributed by atoms with Crippen molar-refractivity contribution in [2.24, 2.45) is 5.92 Å². The maximum absolute atomic E-state index is 12.5. The van der Waals surface area contributed by atoms with Gasteiger partial charge in [-0.05, 0) is 30.7 Å². The van der Waals surface area contributed by atoms with Gasteiger partial charge in [-0.2, -0.15) is 0 Å². The fourth-order valence-corrected chi connectivity index (χ4v) is 3.72. The quantitative estimate of drug-likeness (QED) is 0.519. The molecule has 0 saturated carbocycles. The van der Waals surface area contributed by atoms with Crippen molar-refractivity contribution in [2.75, 3.05) is 13.7 Å². The number of aromatic nitrogens is 1. The van der Waals surface area contributed by atoms with Crippen molar-refractivity contribution in [1.29, 1.82) is 0 Å². The second-order valence-electron chi connectivity index (χ2n) is 6.72. The summed E-state index contributed by atoms with van der Waals surface area (Å²) in [4.78, 5) is 26.7. The number of nitrogens with one attached hydrogen (secondary N) is 3. The molecule has 0 amide bonds. The molecule has 1 fully saturated rings. The number of H-pyrrole nitrogens is 1. The van der Waals surface area contributed by atoms with Crippen molar-refractivity contribution in [1.82, 2.24) is 15.8 Å². The van der Waals surface area contributed by atoms with Gasteiger partial charge in [-0.15, -0.1) is 0 Å². The van der Waals surface area contributed by atoms with E-state index in [1.165, 1.54) is 6.07 Å². The summed E-state index contributed by atoms with van der Waals surface area (Å²) in [5.74, 6) is -1.40. The molecule has 8 heteroatoms. The van der Waals surface area contributed by atoms with Crippen molar-refractivity contribution < 1.29 is 19.7 Å². The van der Waals surface area contributed by atoms with Crippen LogP contribution in [0.3, 0.4) is 0 Å². The molecule has 1 aliphatic heterocycles. The molecule has 2 aromatic rings. The summed E-state index contributed by atoms with van der Waals surface area (Å²) in [6.45, 7) is 2.12. The third-order valence-corrected chi connectivity index (χ3v) is 4.97. The van der Waals surface area contributed by atoms with Gasteiger partial charge >= 0.3 is 5.97 Å². The van der Waals surface area contributed by atoms with Gasteiger partial charge in [-0.1, -0.05) is 12.1 Å². The summed E-state index contributed by atoms with van der Waals surface area (Å²) in [7, 11) is 1.59. The lowest BCUT2D eigenvalue weighted by Gasteiger charge is -2.27. The van der Waals surface area contributed by atoms with E-state index in [1.54, 1.807) is 14.0 Å². The maximum atomic E-state index is 12.5. The van der Waals surface area contributed by atoms with Gasteiger partial charge in [0.1, 0.15) is 11.5 Å². The van der Waals surface area contributed by atoms with Crippen LogP contribution in [0.5, 0.6) is 11.5 Å². The number of ether oxygens (including phenoxy) is 1. The number of pyridine rings is 1. The molecule has 0 radical (unpaired) electrons. The molecule has 1 saturated heterocycles. The number of carbonyl (C=O) groups is 1. The number of benzene rings is 1. The molecule has 0 bridgehead atoms. The predicted octanol–water partition coefficient (Wildman–Crippen LogP) is 1.42. The Bertz CT molecular complexity index is 878. The first-order valence-electron chi connectivity index (χ1n) is 8.67. The Morgan fingerprint density at radius 3 is 2.63 bits per heavy atom. The first kappa shape index (κ1) is 18.9. The lowest BCUT2D eigenvalue weighted by Crippen LogP contribution is -2.29. The Morgan fingerprint density at radius 1 is 1.33 bits per heavy atom. The number of rotatable bonds is 6. The zero-order valence-corrected chi connectivity index (χ0v) is 15.2. The highest BCUT2D eigenvalue weighted by molar-refractivity contribution is 5.68. The molecule has 3 atom stereocenters. The van der Waals surface area contributed by atoms with Crippen molar-refractivity contribution in [2.45, 2.75) is 25.3 Å². The van der Waals surface area contributed by atoms with E-state index in [2.05, 4.69) is 15.8 Å². The minimum absolute atomic E-state index is 0.108. The van der Waals surface area contributed by atoms with Crippen LogP contribution >= 0.6 is 0 Å². The average Bonchev–Trinajstić information content (AvgIpc) is 3.09. The summed E-state index contributed by atoms with van der Waals surface area (Å²) < 4.78 is 5.18. The van der Waals surface area contributed by atoms with Crippen molar-refractivity contribution in [3.63, 3.8) is 0 Å². The summed E-state index contributed by atoms with van der Waals surface area (Å²) in [6, 6.07) is 8.68. The normalized spacial score (nSPS) is 20.4. The fraction of sp³-hybridized carbons (Fsp3) is 0.368. The Labute approximate surface area is 156 Å². The summed E-state index contributed by atoms with van der Waals surface area (Å²) in [5.41, 5.74) is 7.31. The van der Waals surface area contributed by atoms with Crippen LogP contribution < -0.4 is 21.1 Å². The van der Waals surface area contributed by atoms with Crippen LogP contribution in [0.25, 0.3) is 0 Å². The smallest absolute Gasteiger partial charge is 0.303 e. The van der Waals surface area contributed by atoms with E-state index in [1.807, 2.05) is 24.3 Å². The number of hydrogen-bond acceptors (Lipinski definition) is 6. The highest BCUT2D eigenvalue weighted by atomic mass is 16.5. The predicted molar refractivity (Wildman–Crippen MR) is 98.8 cm³/mol. The van der Waals surface area contributed by atoms with Crippen LogP contribution in [0.1, 0.15) is 35.2 Å². The Balaban J connectivity index is 2.01. The molecule has 0 aliphatic carbocycles. The third kappa shape index (κ3) is 3.96. The van der Waals surface area contributed by atoms with E-state index in [9.17, 15) is 19.8 Å². The molecule has 27 heavy (non-hydrogen) atoms. The number of aromatic hydroxyl groups is 1. The van der Waals surface area contributed by atoms with Gasteiger partial charge in [0.2, 0.25) is 0 Å². The standard InChI is InChI=1S/C19H23N3O5/c1-10-7-15(23)17(19(26)21-10)13(8-16(24)25)14-9-20-22-18(14)11-3-5-12(27-2)6-4-11/h3-7,13-14,18,20,22H,8-9H2,1-2H3,(H,24,25)(H2,21,23,26). The molecule has 3 rings (SSSR count). The van der Waals surface area contributed by atoms with Crippen LogP contribution in [0.4, 0.5) is 0 Å². The lowest BCUT2D eigenvalue weighted by atomic mass is 9.78. The van der Waals surface area contributed by atoms with Crippen LogP contribution in [0, 0.1) is 12.8 Å². The topological polar surface area (TPSA) is 124 Å². The summed E-state index contributed by atoms with van der Waals surface area (Å²) in [6.07, 6.45) is -0.264. The molecule has 1 aromatic heterocycles. The van der Waals surface area contributed by atoms with Crippen LogP contribution in [0.2, 0.25) is 0 Å². The number of carboxylic acids is 1. The number of methoxy groups -OCH3 is 1. The van der Waals surface area contributed by atoms with E-state index in [-0.39, 0.29) is 29.7 Å². The largest absolute Gasteiger partial charge is 0.507 e. The van der Waals surface area contributed by atoms with Gasteiger partial charge in [-0.3, -0.25) is 15.0 Å². The Hall–Kier alpha value is -2.84. The minimum atomic E-state index is -1.03. The summed E-state index contributed by atoms with van der Waals surface area (Å²) in [5, 5.41) is 19.8. The molecule has 8 nitrogen and oxygen atoms in total. The van der Waals surface area contributed by atoms with E-state index in [0.29, 0.717) is 12.2 Å². The van der Waals surface area contributed by atoms with Crippen molar-refractivity contribution in [3.8, 4) is 11.5 Å². The van der Waals surface area contributed by atoms with Crippen LogP contribution in [0.15, 0.2) is 35.1 Å². The molecular weight excluding hydrogens is 350 g/mol. The monoisotopic (exact) mass is 373 g/mol. The number of aromatic amines is 1. The number of aliphatic carboxylic acids is 1. The van der Waals surface area contributed by atoms with Gasteiger partial charge < -0.3 is 19.9 Å². The number of hydrogen-bond donors (Lipinski definition) is 5. The zero-order valence-electron chi connectivity index (χ0n) is 15.2. The van der Waals surface area contributed by atoms with Gasteiger partial charge in [-0.25, -0.2) is 5.43 Å². The molecule has 1 aromatic carbocycles. The highest BCUT2D eigenvalue weighted by Crippen LogP contribution is 2.40. The molecule has 5 N–H and O–H groups in total. The third-order valence-electron chi connectivity index (χ3n) is 4.97. The van der Waals surface area contributed by atoms with Crippen molar-refractivity contribution in [3.05, 3.63) is 57.5 Å². The lowest BCUT2D eigenvalue weighted by molar-refractivity contribution is -0.137. The van der Waals surface area contributed by atoms with Gasteiger partial charge in [0.25, 0.3) is 5.56 Å². The van der Waals surface area contributed by atoms with E-state index >= 15 is 0 Å². The molecule has 2 heterocycles. The van der Waals surface area contributed by atoms with E-state index < -0.39 is 17.4 Å². The molecule has 3 unspecified atom stereocenters. The first-order valence-corrected chi connectivity index (χ1v) is 8.67. The first-order chi connectivity index (χ1) is 12.9. The SMILES string of the molecule is COc1ccc(C2NNCC2C(CC(=O)O)c2c(O)cc(C)[nH]c2=O)cc1. The van der Waals surface area contributed by atoms with Gasteiger partial charge in [0.05, 0.1) is 25.1 Å². The molecule has 0 spiro atoms. The van der Waals surface area contributed by atoms with E-state index in [4.69, 9.17) is 4.74 Å². The van der Waals surface area contributed by atoms with Gasteiger partial charge in [0, 0.05) is 24.1 Å². The second kappa shape index (κ2) is 7.81. The number of carboxylic acid groups (broad SMARTS) is 1. The van der Waals surface area contributed by atoms with Crippen LogP contribution in [-0.2, 0) is 4.79 Å². The summed E-state index contributed by atoms with van der Waals surface area (Å²) >= 11 is 0. The van der Waals surface area contributed by atoms with E-state index in [0.717, 1.165) is 11.3 Å². The fourth-order valence-electron chi connectivity index (χ4n) is 3.72. The highest BCUT2D eigenvalue weighted by Gasteiger charge is 2.39. The second-order valence-corrected chi connectivity index (χ2v) is 6.72. The Morgan fingerprint density at radius 2 is 2.04 bits per heavy atom. The van der Waals surface area contributed by atoms with Gasteiger partial charge in [0.15, 0.2) is 0 Å². The molecule has 144 valence electrons. The number of aryl methyl sites for hydroxylation is 1. The molecular formula is C19H23N3O5. The number of hydrazine groups is 1. The maximum Gasteiger partial charge on any atom is 0.303 e. The Kier molecular flexibility index (Phi) is 5.48. The molecule has 1 aliphatic rings. The van der Waals surface area contributed by atoms with Crippen molar-refractivity contribution >= 4 is 5.97 Å². The zero-order chi connectivity index (χ0) is 19.6. The minimum Gasteiger partial charge on any atom is -0.507 e. The van der Waals surface area contributed by atoms with Crippen LogP contribution in [-0.4, -0.2) is 34.8 Å².